The molecule has 0 saturated carbocycles. The topological polar surface area (TPSA) is 49.6 Å². The van der Waals surface area contributed by atoms with E-state index < -0.39 is 0 Å². The first-order chi connectivity index (χ1) is 9.38. The summed E-state index contributed by atoms with van der Waals surface area (Å²) in [7, 11) is 3.90. The predicted octanol–water partition coefficient (Wildman–Crippen LogP) is 2.45. The lowest BCUT2D eigenvalue weighted by atomic mass is 9.91. The van der Waals surface area contributed by atoms with E-state index in [2.05, 4.69) is 13.8 Å². The second kappa shape index (κ2) is 5.73. The quantitative estimate of drug-likeness (QED) is 0.843. The molecule has 0 bridgehead atoms. The van der Waals surface area contributed by atoms with Crippen LogP contribution in [0.4, 0.5) is 11.4 Å². The zero-order valence-electron chi connectivity index (χ0n) is 12.9. The third-order valence-electron chi connectivity index (χ3n) is 3.89. The van der Waals surface area contributed by atoms with Gasteiger partial charge in [-0.3, -0.25) is 4.79 Å². The molecule has 0 aliphatic carbocycles. The number of nitrogens with two attached hydrogens (primary N) is 1. The van der Waals surface area contributed by atoms with Crippen molar-refractivity contribution in [1.82, 2.24) is 4.90 Å². The summed E-state index contributed by atoms with van der Waals surface area (Å²) in [6.45, 7) is 6.10. The number of nitrogen functional groups attached to an aromatic ring is 1. The van der Waals surface area contributed by atoms with Gasteiger partial charge in [0.05, 0.1) is 5.56 Å². The highest BCUT2D eigenvalue weighted by molar-refractivity contribution is 6.00. The fourth-order valence-electron chi connectivity index (χ4n) is 3.11. The number of piperidine rings is 1. The first-order valence-corrected chi connectivity index (χ1v) is 7.24. The van der Waals surface area contributed by atoms with Crippen LogP contribution in [0.15, 0.2) is 18.2 Å². The summed E-state index contributed by atoms with van der Waals surface area (Å²) >= 11 is 0. The molecule has 1 heterocycles. The molecule has 1 amide bonds. The smallest absolute Gasteiger partial charge is 0.256 e. The zero-order chi connectivity index (χ0) is 14.9. The normalized spacial score (nSPS) is 22.7. The molecule has 1 aliphatic heterocycles. The molecule has 110 valence electrons. The summed E-state index contributed by atoms with van der Waals surface area (Å²) in [6, 6.07) is 5.55. The van der Waals surface area contributed by atoms with E-state index in [1.54, 1.807) is 6.07 Å². The lowest BCUT2D eigenvalue weighted by Crippen LogP contribution is -2.43. The van der Waals surface area contributed by atoms with Crippen LogP contribution in [0.25, 0.3) is 0 Å². The molecule has 0 radical (unpaired) electrons. The van der Waals surface area contributed by atoms with Crippen molar-refractivity contribution in [2.45, 2.75) is 20.3 Å². The van der Waals surface area contributed by atoms with Gasteiger partial charge >= 0.3 is 0 Å². The van der Waals surface area contributed by atoms with Crippen LogP contribution in [0.3, 0.4) is 0 Å². The molecule has 1 saturated heterocycles. The van der Waals surface area contributed by atoms with Crippen molar-refractivity contribution < 1.29 is 4.79 Å². The third-order valence-corrected chi connectivity index (χ3v) is 3.89. The zero-order valence-corrected chi connectivity index (χ0v) is 12.9. The minimum Gasteiger partial charge on any atom is -0.399 e. The number of anilines is 2. The van der Waals surface area contributed by atoms with Gasteiger partial charge in [0, 0.05) is 38.6 Å². The number of hydrogen-bond acceptors (Lipinski definition) is 3. The Balaban J connectivity index is 2.30. The number of rotatable bonds is 2. The number of nitrogens with zero attached hydrogens (tertiary/aromatic N) is 2. The molecule has 4 heteroatoms. The largest absolute Gasteiger partial charge is 0.399 e. The first-order valence-electron chi connectivity index (χ1n) is 7.24. The summed E-state index contributed by atoms with van der Waals surface area (Å²) in [5, 5.41) is 0. The van der Waals surface area contributed by atoms with Gasteiger partial charge in [0.15, 0.2) is 0 Å². The second-order valence-corrected chi connectivity index (χ2v) is 6.33. The van der Waals surface area contributed by atoms with Gasteiger partial charge in [0.1, 0.15) is 0 Å². The summed E-state index contributed by atoms with van der Waals surface area (Å²) in [6.07, 6.45) is 1.20. The van der Waals surface area contributed by atoms with Gasteiger partial charge in [0.25, 0.3) is 5.91 Å². The molecule has 1 fully saturated rings. The average Bonchev–Trinajstić information content (AvgIpc) is 2.36. The Hall–Kier alpha value is -1.71. The van der Waals surface area contributed by atoms with Crippen LogP contribution in [-0.2, 0) is 0 Å². The molecule has 1 aromatic rings. The number of carbonyl (C=O) groups excluding carboxylic acids is 1. The lowest BCUT2D eigenvalue weighted by molar-refractivity contribution is 0.0624. The maximum Gasteiger partial charge on any atom is 0.256 e. The lowest BCUT2D eigenvalue weighted by Gasteiger charge is -2.35. The molecule has 1 aromatic carbocycles. The number of amides is 1. The van der Waals surface area contributed by atoms with E-state index in [1.807, 2.05) is 36.0 Å². The Morgan fingerprint density at radius 2 is 1.85 bits per heavy atom. The van der Waals surface area contributed by atoms with Gasteiger partial charge in [-0.15, -0.1) is 0 Å². The fourth-order valence-corrected chi connectivity index (χ4v) is 3.11. The molecule has 1 aliphatic rings. The molecule has 2 atom stereocenters. The molecular formula is C16H25N3O. The standard InChI is InChI=1S/C16H25N3O/c1-11-7-12(2)10-19(9-11)16(20)14-8-13(17)5-6-15(14)18(3)4/h5-6,8,11-12H,7,9-10,17H2,1-4H3/t11-,12-/m1/s1. The van der Waals surface area contributed by atoms with E-state index in [1.165, 1.54) is 6.42 Å². The highest BCUT2D eigenvalue weighted by atomic mass is 16.2. The van der Waals surface area contributed by atoms with E-state index in [0.717, 1.165) is 18.8 Å². The molecule has 4 nitrogen and oxygen atoms in total. The van der Waals surface area contributed by atoms with Crippen molar-refractivity contribution in [3.63, 3.8) is 0 Å². The molecule has 0 spiro atoms. The van der Waals surface area contributed by atoms with Crippen LogP contribution in [0.5, 0.6) is 0 Å². The summed E-state index contributed by atoms with van der Waals surface area (Å²) < 4.78 is 0. The van der Waals surface area contributed by atoms with Crippen LogP contribution in [0, 0.1) is 11.8 Å². The SMILES string of the molecule is C[C@@H]1C[C@@H](C)CN(C(=O)c2cc(N)ccc2N(C)C)C1. The molecule has 2 rings (SSSR count). The maximum absolute atomic E-state index is 12.8. The molecule has 0 unspecified atom stereocenters. The van der Waals surface area contributed by atoms with Gasteiger partial charge in [-0.25, -0.2) is 0 Å². The van der Waals surface area contributed by atoms with E-state index in [9.17, 15) is 4.79 Å². The van der Waals surface area contributed by atoms with Crippen LogP contribution in [0.2, 0.25) is 0 Å². The fraction of sp³-hybridized carbons (Fsp3) is 0.562. The highest BCUT2D eigenvalue weighted by Gasteiger charge is 2.27. The summed E-state index contributed by atoms with van der Waals surface area (Å²) in [5.41, 5.74) is 8.13. The predicted molar refractivity (Wildman–Crippen MR) is 84.0 cm³/mol. The Kier molecular flexibility index (Phi) is 4.21. The number of benzene rings is 1. The van der Waals surface area contributed by atoms with Crippen molar-refractivity contribution in [2.75, 3.05) is 37.8 Å². The third kappa shape index (κ3) is 3.06. The van der Waals surface area contributed by atoms with Crippen LogP contribution in [0.1, 0.15) is 30.6 Å². The van der Waals surface area contributed by atoms with Gasteiger partial charge in [-0.1, -0.05) is 13.8 Å². The van der Waals surface area contributed by atoms with Crippen molar-refractivity contribution >= 4 is 17.3 Å². The van der Waals surface area contributed by atoms with E-state index in [4.69, 9.17) is 5.73 Å². The molecule has 0 aromatic heterocycles. The minimum atomic E-state index is 0.0967. The van der Waals surface area contributed by atoms with Crippen molar-refractivity contribution in [1.29, 1.82) is 0 Å². The summed E-state index contributed by atoms with van der Waals surface area (Å²) in [5.74, 6) is 1.22. The summed E-state index contributed by atoms with van der Waals surface area (Å²) in [4.78, 5) is 16.7. The van der Waals surface area contributed by atoms with Gasteiger partial charge < -0.3 is 15.5 Å². The Bertz CT molecular complexity index is 488. The Morgan fingerprint density at radius 1 is 1.25 bits per heavy atom. The average molecular weight is 275 g/mol. The molecular weight excluding hydrogens is 250 g/mol. The first kappa shape index (κ1) is 14.7. The van der Waals surface area contributed by atoms with Crippen molar-refractivity contribution in [3.05, 3.63) is 23.8 Å². The second-order valence-electron chi connectivity index (χ2n) is 6.33. The van der Waals surface area contributed by atoms with Crippen molar-refractivity contribution in [2.24, 2.45) is 11.8 Å². The van der Waals surface area contributed by atoms with Crippen molar-refractivity contribution in [3.8, 4) is 0 Å². The number of hydrogen-bond donors (Lipinski definition) is 1. The van der Waals surface area contributed by atoms with Gasteiger partial charge in [-0.05, 0) is 36.5 Å². The molecule has 20 heavy (non-hydrogen) atoms. The van der Waals surface area contributed by atoms with Gasteiger partial charge in [0.2, 0.25) is 0 Å². The maximum atomic E-state index is 12.8. The van der Waals surface area contributed by atoms with Crippen LogP contribution in [-0.4, -0.2) is 38.0 Å². The van der Waals surface area contributed by atoms with E-state index >= 15 is 0 Å². The van der Waals surface area contributed by atoms with Crippen LogP contribution < -0.4 is 10.6 Å². The van der Waals surface area contributed by atoms with E-state index in [-0.39, 0.29) is 5.91 Å². The monoisotopic (exact) mass is 275 g/mol. The van der Waals surface area contributed by atoms with Gasteiger partial charge in [-0.2, -0.15) is 0 Å². The number of likely N-dealkylation sites (tertiary alicyclic amines) is 1. The van der Waals surface area contributed by atoms with Crippen LogP contribution >= 0.6 is 0 Å². The molecule has 2 N–H and O–H groups in total. The highest BCUT2D eigenvalue weighted by Crippen LogP contribution is 2.27. The minimum absolute atomic E-state index is 0.0967. The number of carbonyl (C=O) groups is 1. The Labute approximate surface area is 121 Å². The Morgan fingerprint density at radius 3 is 2.40 bits per heavy atom. The van der Waals surface area contributed by atoms with E-state index in [0.29, 0.717) is 23.1 Å².